The second-order valence-corrected chi connectivity index (χ2v) is 6.48. The molecule has 0 bridgehead atoms. The second kappa shape index (κ2) is 5.44. The van der Waals surface area contributed by atoms with E-state index in [1.165, 1.54) is 0 Å². The molecule has 2 aromatic heterocycles. The molecule has 0 saturated carbocycles. The number of alkyl carbamates (subject to hydrolysis) is 1. The Morgan fingerprint density at radius 3 is 2.64 bits per heavy atom. The number of nitrogens with one attached hydrogen (secondary N) is 1. The van der Waals surface area contributed by atoms with Crippen LogP contribution in [0.2, 0.25) is 0 Å². The fourth-order valence-electron chi connectivity index (χ4n) is 2.30. The lowest BCUT2D eigenvalue weighted by molar-refractivity contribution is -0.113. The Balaban J connectivity index is 2.41. The molecule has 0 saturated heterocycles. The van der Waals surface area contributed by atoms with Crippen LogP contribution in [0.4, 0.5) is 4.79 Å². The van der Waals surface area contributed by atoms with Gasteiger partial charge < -0.3 is 19.4 Å². The Morgan fingerprint density at radius 2 is 2.05 bits per heavy atom. The molecule has 2 rings (SSSR count). The summed E-state index contributed by atoms with van der Waals surface area (Å²) in [5.74, 6) is 0. The lowest BCUT2D eigenvalue weighted by atomic mass is 9.94. The number of aldehydes is 1. The van der Waals surface area contributed by atoms with Gasteiger partial charge in [0.2, 0.25) is 0 Å². The van der Waals surface area contributed by atoms with Crippen molar-refractivity contribution in [2.45, 2.75) is 38.8 Å². The molecule has 118 valence electrons. The fourth-order valence-corrected chi connectivity index (χ4v) is 2.30. The van der Waals surface area contributed by atoms with E-state index >= 15 is 0 Å². The van der Waals surface area contributed by atoms with Gasteiger partial charge in [-0.05, 0) is 39.8 Å². The SMILES string of the molecule is Cn1cc(C(C)(C=O)NC(=O)OC(C)(C)C)c2cccnc21. The summed E-state index contributed by atoms with van der Waals surface area (Å²) < 4.78 is 7.07. The minimum atomic E-state index is -1.19. The highest BCUT2D eigenvalue weighted by Crippen LogP contribution is 2.28. The number of carbonyl (C=O) groups excluding carboxylic acids is 2. The number of fused-ring (bicyclic) bond motifs is 1. The van der Waals surface area contributed by atoms with Gasteiger partial charge in [-0.2, -0.15) is 0 Å². The maximum atomic E-state index is 12.0. The minimum absolute atomic E-state index is 0.631. The van der Waals surface area contributed by atoms with E-state index in [0.717, 1.165) is 11.0 Å². The maximum absolute atomic E-state index is 12.0. The Kier molecular flexibility index (Phi) is 3.96. The summed E-state index contributed by atoms with van der Waals surface area (Å²) in [6.45, 7) is 6.96. The zero-order valence-electron chi connectivity index (χ0n) is 13.5. The van der Waals surface area contributed by atoms with Crippen molar-refractivity contribution >= 4 is 23.4 Å². The van der Waals surface area contributed by atoms with Crippen molar-refractivity contribution in [2.24, 2.45) is 7.05 Å². The minimum Gasteiger partial charge on any atom is -0.444 e. The van der Waals surface area contributed by atoms with E-state index in [2.05, 4.69) is 10.3 Å². The summed E-state index contributed by atoms with van der Waals surface area (Å²) in [7, 11) is 1.84. The number of amides is 1. The Labute approximate surface area is 129 Å². The first kappa shape index (κ1) is 16.0. The van der Waals surface area contributed by atoms with Gasteiger partial charge in [-0.25, -0.2) is 9.78 Å². The van der Waals surface area contributed by atoms with Gasteiger partial charge >= 0.3 is 6.09 Å². The van der Waals surface area contributed by atoms with Crippen LogP contribution in [0.5, 0.6) is 0 Å². The molecule has 1 atom stereocenters. The summed E-state index contributed by atoms with van der Waals surface area (Å²) in [6.07, 6.45) is 3.55. The molecule has 22 heavy (non-hydrogen) atoms. The topological polar surface area (TPSA) is 73.2 Å². The van der Waals surface area contributed by atoms with Crippen molar-refractivity contribution in [3.63, 3.8) is 0 Å². The number of carbonyl (C=O) groups is 2. The molecule has 0 aliphatic heterocycles. The van der Waals surface area contributed by atoms with Gasteiger partial charge in [-0.15, -0.1) is 0 Å². The molecule has 0 radical (unpaired) electrons. The van der Waals surface area contributed by atoms with Crippen molar-refractivity contribution in [2.75, 3.05) is 0 Å². The normalized spacial score (nSPS) is 14.4. The molecule has 0 spiro atoms. The lowest BCUT2D eigenvalue weighted by Gasteiger charge is -2.27. The highest BCUT2D eigenvalue weighted by Gasteiger charge is 2.33. The molecule has 2 aromatic rings. The largest absolute Gasteiger partial charge is 0.444 e. The summed E-state index contributed by atoms with van der Waals surface area (Å²) >= 11 is 0. The maximum Gasteiger partial charge on any atom is 0.408 e. The first-order valence-corrected chi connectivity index (χ1v) is 7.04. The number of hydrogen-bond acceptors (Lipinski definition) is 4. The van der Waals surface area contributed by atoms with E-state index in [9.17, 15) is 9.59 Å². The van der Waals surface area contributed by atoms with Gasteiger partial charge in [0.25, 0.3) is 0 Å². The molecular formula is C16H21N3O3. The molecule has 0 aromatic carbocycles. The first-order chi connectivity index (χ1) is 10.2. The van der Waals surface area contributed by atoms with Crippen LogP contribution >= 0.6 is 0 Å². The van der Waals surface area contributed by atoms with Crippen LogP contribution in [-0.2, 0) is 22.1 Å². The first-order valence-electron chi connectivity index (χ1n) is 7.04. The van der Waals surface area contributed by atoms with Crippen molar-refractivity contribution < 1.29 is 14.3 Å². The summed E-state index contributed by atoms with van der Waals surface area (Å²) in [5, 5.41) is 3.47. The van der Waals surface area contributed by atoms with E-state index in [0.29, 0.717) is 11.8 Å². The number of rotatable bonds is 3. The highest BCUT2D eigenvalue weighted by atomic mass is 16.6. The molecule has 6 heteroatoms. The lowest BCUT2D eigenvalue weighted by Crippen LogP contribution is -2.46. The molecule has 1 unspecified atom stereocenters. The summed E-state index contributed by atoms with van der Waals surface area (Å²) in [6, 6.07) is 3.67. The number of ether oxygens (including phenoxy) is 1. The van der Waals surface area contributed by atoms with Crippen molar-refractivity contribution in [3.8, 4) is 0 Å². The Bertz CT molecular complexity index is 715. The van der Waals surface area contributed by atoms with E-state index in [1.807, 2.05) is 17.7 Å². The number of hydrogen-bond donors (Lipinski definition) is 1. The van der Waals surface area contributed by atoms with Gasteiger partial charge in [-0.1, -0.05) is 0 Å². The van der Waals surface area contributed by atoms with E-state index in [1.54, 1.807) is 46.2 Å². The van der Waals surface area contributed by atoms with Crippen LogP contribution in [-0.4, -0.2) is 27.5 Å². The third-order valence-corrected chi connectivity index (χ3v) is 3.29. The quantitative estimate of drug-likeness (QED) is 0.884. The number of nitrogens with zero attached hydrogens (tertiary/aromatic N) is 2. The Hall–Kier alpha value is -2.37. The van der Waals surface area contributed by atoms with Crippen molar-refractivity contribution in [1.82, 2.24) is 14.9 Å². The fraction of sp³-hybridized carbons (Fsp3) is 0.438. The van der Waals surface area contributed by atoms with Crippen molar-refractivity contribution in [1.29, 1.82) is 0 Å². The van der Waals surface area contributed by atoms with Crippen LogP contribution in [0.1, 0.15) is 33.3 Å². The standard InChI is InChI=1S/C16H21N3O3/c1-15(2,3)22-14(21)18-16(4,10-20)12-9-19(5)13-11(12)7-6-8-17-13/h6-10H,1-5H3,(H,18,21). The molecular weight excluding hydrogens is 282 g/mol. The number of aromatic nitrogens is 2. The summed E-state index contributed by atoms with van der Waals surface area (Å²) in [5.41, 5.74) is -0.394. The molecule has 1 N–H and O–H groups in total. The molecule has 0 aliphatic carbocycles. The van der Waals surface area contributed by atoms with Gasteiger partial charge in [0.05, 0.1) is 0 Å². The molecule has 0 fully saturated rings. The van der Waals surface area contributed by atoms with Gasteiger partial charge in [0.1, 0.15) is 23.1 Å². The molecule has 6 nitrogen and oxygen atoms in total. The predicted molar refractivity (Wildman–Crippen MR) is 83.5 cm³/mol. The van der Waals surface area contributed by atoms with Crippen LogP contribution in [0.15, 0.2) is 24.5 Å². The third-order valence-electron chi connectivity index (χ3n) is 3.29. The zero-order valence-corrected chi connectivity index (χ0v) is 13.5. The van der Waals surface area contributed by atoms with Gasteiger partial charge in [-0.3, -0.25) is 0 Å². The van der Waals surface area contributed by atoms with Crippen LogP contribution in [0.25, 0.3) is 11.0 Å². The van der Waals surface area contributed by atoms with E-state index in [-0.39, 0.29) is 0 Å². The third kappa shape index (κ3) is 3.10. The van der Waals surface area contributed by atoms with Crippen LogP contribution in [0, 0.1) is 0 Å². The average Bonchev–Trinajstić information content (AvgIpc) is 2.75. The molecule has 2 heterocycles. The van der Waals surface area contributed by atoms with Crippen LogP contribution in [0.3, 0.4) is 0 Å². The highest BCUT2D eigenvalue weighted by molar-refractivity contribution is 5.88. The molecule has 1 amide bonds. The van der Waals surface area contributed by atoms with E-state index in [4.69, 9.17) is 4.74 Å². The second-order valence-electron chi connectivity index (χ2n) is 6.48. The zero-order chi connectivity index (χ0) is 16.5. The smallest absolute Gasteiger partial charge is 0.408 e. The van der Waals surface area contributed by atoms with Gasteiger partial charge in [0, 0.05) is 30.4 Å². The van der Waals surface area contributed by atoms with Gasteiger partial charge in [0.15, 0.2) is 0 Å². The molecule has 0 aliphatic rings. The summed E-state index contributed by atoms with van der Waals surface area (Å²) in [4.78, 5) is 28.0. The van der Waals surface area contributed by atoms with E-state index < -0.39 is 17.2 Å². The number of pyridine rings is 1. The monoisotopic (exact) mass is 303 g/mol. The number of aryl methyl sites for hydroxylation is 1. The Morgan fingerprint density at radius 1 is 1.36 bits per heavy atom. The van der Waals surface area contributed by atoms with Crippen LogP contribution < -0.4 is 5.32 Å². The average molecular weight is 303 g/mol. The predicted octanol–water partition coefficient (Wildman–Crippen LogP) is 2.51. The van der Waals surface area contributed by atoms with Crippen molar-refractivity contribution in [3.05, 3.63) is 30.1 Å².